The summed E-state index contributed by atoms with van der Waals surface area (Å²) in [6, 6.07) is 5.64. The SMILES string of the molecule is CCCC(C#N)NS(=O)(=O)c1ccc2c(c1)OCCO2. The van der Waals surface area contributed by atoms with Crippen molar-refractivity contribution in [2.75, 3.05) is 13.2 Å². The number of rotatable bonds is 5. The normalized spacial score (nSPS) is 15.4. The predicted octanol–water partition coefficient (Wildman–Crippen LogP) is 1.43. The van der Waals surface area contributed by atoms with Crippen molar-refractivity contribution >= 4 is 10.0 Å². The number of fused-ring (bicyclic) bond motifs is 1. The highest BCUT2D eigenvalue weighted by molar-refractivity contribution is 7.89. The molecule has 6 nitrogen and oxygen atoms in total. The Labute approximate surface area is 118 Å². The van der Waals surface area contributed by atoms with Crippen molar-refractivity contribution in [3.8, 4) is 17.6 Å². The Hall–Kier alpha value is -1.78. The van der Waals surface area contributed by atoms with Gasteiger partial charge < -0.3 is 9.47 Å². The second kappa shape index (κ2) is 6.11. The molecule has 1 heterocycles. The highest BCUT2D eigenvalue weighted by atomic mass is 32.2. The van der Waals surface area contributed by atoms with Crippen LogP contribution in [0.5, 0.6) is 11.5 Å². The first-order valence-electron chi connectivity index (χ1n) is 6.38. The van der Waals surface area contributed by atoms with E-state index in [9.17, 15) is 8.42 Å². The van der Waals surface area contributed by atoms with E-state index in [-0.39, 0.29) is 4.90 Å². The van der Waals surface area contributed by atoms with Crippen molar-refractivity contribution < 1.29 is 17.9 Å². The summed E-state index contributed by atoms with van der Waals surface area (Å²) in [5.41, 5.74) is 0. The van der Waals surface area contributed by atoms with Gasteiger partial charge in [-0.05, 0) is 18.6 Å². The topological polar surface area (TPSA) is 88.4 Å². The molecule has 1 atom stereocenters. The molecular formula is C13H16N2O4S. The van der Waals surface area contributed by atoms with Crippen molar-refractivity contribution in [1.29, 1.82) is 5.26 Å². The fourth-order valence-electron chi connectivity index (χ4n) is 1.88. The van der Waals surface area contributed by atoms with Crippen molar-refractivity contribution in [2.24, 2.45) is 0 Å². The Kier molecular flexibility index (Phi) is 4.47. The van der Waals surface area contributed by atoms with E-state index in [0.29, 0.717) is 31.1 Å². The van der Waals surface area contributed by atoms with Gasteiger partial charge in [0.05, 0.1) is 11.0 Å². The smallest absolute Gasteiger partial charge is 0.241 e. The summed E-state index contributed by atoms with van der Waals surface area (Å²) in [6.07, 6.45) is 1.20. The van der Waals surface area contributed by atoms with Gasteiger partial charge in [-0.2, -0.15) is 9.98 Å². The number of hydrogen-bond acceptors (Lipinski definition) is 5. The van der Waals surface area contributed by atoms with Crippen LogP contribution in [0.1, 0.15) is 19.8 Å². The maximum Gasteiger partial charge on any atom is 0.241 e. The molecule has 108 valence electrons. The molecule has 0 fully saturated rings. The third kappa shape index (κ3) is 3.21. The molecule has 0 aromatic heterocycles. The first-order valence-corrected chi connectivity index (χ1v) is 7.86. The number of hydrogen-bond donors (Lipinski definition) is 1. The van der Waals surface area contributed by atoms with Gasteiger partial charge in [-0.1, -0.05) is 13.3 Å². The lowest BCUT2D eigenvalue weighted by molar-refractivity contribution is 0.171. The third-order valence-corrected chi connectivity index (χ3v) is 4.32. The van der Waals surface area contributed by atoms with Crippen molar-refractivity contribution in [3.05, 3.63) is 18.2 Å². The minimum absolute atomic E-state index is 0.0677. The summed E-state index contributed by atoms with van der Waals surface area (Å²) < 4.78 is 37.5. The molecule has 2 rings (SSSR count). The summed E-state index contributed by atoms with van der Waals surface area (Å²) in [5.74, 6) is 0.934. The van der Waals surface area contributed by atoms with Gasteiger partial charge in [0.15, 0.2) is 11.5 Å². The van der Waals surface area contributed by atoms with Crippen LogP contribution in [0, 0.1) is 11.3 Å². The van der Waals surface area contributed by atoms with E-state index < -0.39 is 16.1 Å². The molecule has 1 aromatic rings. The monoisotopic (exact) mass is 296 g/mol. The maximum absolute atomic E-state index is 12.2. The molecule has 0 bridgehead atoms. The van der Waals surface area contributed by atoms with Crippen LogP contribution in [0.15, 0.2) is 23.1 Å². The number of sulfonamides is 1. The van der Waals surface area contributed by atoms with E-state index in [0.717, 1.165) is 6.42 Å². The number of benzene rings is 1. The second-order valence-electron chi connectivity index (χ2n) is 4.40. The van der Waals surface area contributed by atoms with Crippen LogP contribution in [0.3, 0.4) is 0 Å². The van der Waals surface area contributed by atoms with Gasteiger partial charge in [0.2, 0.25) is 10.0 Å². The molecule has 1 N–H and O–H groups in total. The van der Waals surface area contributed by atoms with E-state index in [1.165, 1.54) is 12.1 Å². The first kappa shape index (κ1) is 14.6. The van der Waals surface area contributed by atoms with Gasteiger partial charge in [0.1, 0.15) is 19.3 Å². The Morgan fingerprint density at radius 3 is 2.70 bits per heavy atom. The summed E-state index contributed by atoms with van der Waals surface area (Å²) in [4.78, 5) is 0.0677. The van der Waals surface area contributed by atoms with Gasteiger partial charge >= 0.3 is 0 Å². The fourth-order valence-corrected chi connectivity index (χ4v) is 3.08. The fraction of sp³-hybridized carbons (Fsp3) is 0.462. The molecule has 0 radical (unpaired) electrons. The molecule has 1 aliphatic heterocycles. The number of nitriles is 1. The molecule has 1 aromatic carbocycles. The van der Waals surface area contributed by atoms with E-state index in [4.69, 9.17) is 14.7 Å². The van der Waals surface area contributed by atoms with Crippen LogP contribution in [0.4, 0.5) is 0 Å². The Morgan fingerprint density at radius 2 is 2.05 bits per heavy atom. The zero-order valence-corrected chi connectivity index (χ0v) is 11.9. The summed E-state index contributed by atoms with van der Waals surface area (Å²) in [7, 11) is -3.74. The molecule has 7 heteroatoms. The Morgan fingerprint density at radius 1 is 1.35 bits per heavy atom. The van der Waals surface area contributed by atoms with E-state index >= 15 is 0 Å². The lowest BCUT2D eigenvalue weighted by Crippen LogP contribution is -2.33. The highest BCUT2D eigenvalue weighted by Gasteiger charge is 2.22. The molecule has 0 spiro atoms. The highest BCUT2D eigenvalue weighted by Crippen LogP contribution is 2.32. The Balaban J connectivity index is 2.23. The summed E-state index contributed by atoms with van der Waals surface area (Å²) in [6.45, 7) is 2.73. The van der Waals surface area contributed by atoms with Crippen LogP contribution in [0.2, 0.25) is 0 Å². The molecule has 1 unspecified atom stereocenters. The zero-order chi connectivity index (χ0) is 14.6. The lowest BCUT2D eigenvalue weighted by atomic mass is 10.2. The molecular weight excluding hydrogens is 280 g/mol. The first-order chi connectivity index (χ1) is 9.56. The quantitative estimate of drug-likeness (QED) is 0.888. The average Bonchev–Trinajstić information content (AvgIpc) is 2.46. The maximum atomic E-state index is 12.2. The minimum atomic E-state index is -3.74. The molecule has 0 amide bonds. The van der Waals surface area contributed by atoms with Crippen molar-refractivity contribution in [1.82, 2.24) is 4.72 Å². The second-order valence-corrected chi connectivity index (χ2v) is 6.11. The summed E-state index contributed by atoms with van der Waals surface area (Å²) >= 11 is 0. The van der Waals surface area contributed by atoms with Crippen LogP contribution in [-0.4, -0.2) is 27.7 Å². The average molecular weight is 296 g/mol. The number of nitrogens with zero attached hydrogens (tertiary/aromatic N) is 1. The van der Waals surface area contributed by atoms with Crippen molar-refractivity contribution in [3.63, 3.8) is 0 Å². The standard InChI is InChI=1S/C13H16N2O4S/c1-2-3-10(9-14)15-20(16,17)11-4-5-12-13(8-11)19-7-6-18-12/h4-5,8,10,15H,2-3,6-7H2,1H3. The van der Waals surface area contributed by atoms with Crippen LogP contribution in [0.25, 0.3) is 0 Å². The molecule has 20 heavy (non-hydrogen) atoms. The minimum Gasteiger partial charge on any atom is -0.486 e. The van der Waals surface area contributed by atoms with Gasteiger partial charge in [0.25, 0.3) is 0 Å². The van der Waals surface area contributed by atoms with Crippen molar-refractivity contribution in [2.45, 2.75) is 30.7 Å². The van der Waals surface area contributed by atoms with E-state index in [1.54, 1.807) is 6.07 Å². The van der Waals surface area contributed by atoms with Gasteiger partial charge in [-0.15, -0.1) is 0 Å². The molecule has 0 saturated carbocycles. The van der Waals surface area contributed by atoms with Gasteiger partial charge in [-0.3, -0.25) is 0 Å². The van der Waals surface area contributed by atoms with Gasteiger partial charge in [-0.25, -0.2) is 8.42 Å². The van der Waals surface area contributed by atoms with Crippen LogP contribution < -0.4 is 14.2 Å². The largest absolute Gasteiger partial charge is 0.486 e. The van der Waals surface area contributed by atoms with Crippen LogP contribution >= 0.6 is 0 Å². The molecule has 0 saturated heterocycles. The van der Waals surface area contributed by atoms with Crippen LogP contribution in [-0.2, 0) is 10.0 Å². The molecule has 0 aliphatic carbocycles. The van der Waals surface area contributed by atoms with E-state index in [1.807, 2.05) is 13.0 Å². The Bertz CT molecular complexity index is 622. The third-order valence-electron chi connectivity index (χ3n) is 2.85. The number of ether oxygens (including phenoxy) is 2. The molecule has 1 aliphatic rings. The predicted molar refractivity (Wildman–Crippen MR) is 72.1 cm³/mol. The van der Waals surface area contributed by atoms with E-state index in [2.05, 4.69) is 4.72 Å². The lowest BCUT2D eigenvalue weighted by Gasteiger charge is -2.19. The zero-order valence-electron chi connectivity index (χ0n) is 11.1. The number of nitrogens with one attached hydrogen (secondary N) is 1. The summed E-state index contributed by atoms with van der Waals surface area (Å²) in [5, 5.41) is 8.94. The van der Waals surface area contributed by atoms with Gasteiger partial charge in [0, 0.05) is 6.07 Å².